The van der Waals surface area contributed by atoms with Crippen molar-refractivity contribution in [2.75, 3.05) is 0 Å². The molecule has 0 spiro atoms. The molecular weight excluding hydrogens is 332 g/mol. The predicted octanol–water partition coefficient (Wildman–Crippen LogP) is -1.08. The van der Waals surface area contributed by atoms with Gasteiger partial charge in [0.2, 0.25) is 11.7 Å². The van der Waals surface area contributed by atoms with Crippen molar-refractivity contribution in [3.8, 4) is 5.75 Å². The van der Waals surface area contributed by atoms with Gasteiger partial charge in [-0.05, 0) is 31.2 Å². The minimum absolute atomic E-state index is 0.122. The predicted molar refractivity (Wildman–Crippen MR) is 75.3 cm³/mol. The lowest BCUT2D eigenvalue weighted by Gasteiger charge is -2.38. The standard InChI is InChI=1S/C13H16O9S/c1-6(14)7-2-4-8(5-3-7)21-12-10(16)9(15)11(17)13(22-12)23(18,19)20/h2-5,9-13,15-17H,1H3,(H,18,19,20)/t9-,10-,11+,12-,13?/m1/s1. The summed E-state index contributed by atoms with van der Waals surface area (Å²) >= 11 is 0. The van der Waals surface area contributed by atoms with E-state index >= 15 is 0 Å². The molecule has 1 aliphatic heterocycles. The first-order chi connectivity index (χ1) is 10.6. The van der Waals surface area contributed by atoms with Gasteiger partial charge in [-0.15, -0.1) is 0 Å². The highest BCUT2D eigenvalue weighted by atomic mass is 32.2. The number of Topliss-reactive ketones (excluding diaryl/α,β-unsaturated/α-hetero) is 1. The van der Waals surface area contributed by atoms with Crippen molar-refractivity contribution in [1.29, 1.82) is 0 Å². The molecule has 9 nitrogen and oxygen atoms in total. The zero-order valence-corrected chi connectivity index (χ0v) is 12.8. The van der Waals surface area contributed by atoms with Crippen LogP contribution in [0.15, 0.2) is 24.3 Å². The summed E-state index contributed by atoms with van der Waals surface area (Å²) in [7, 11) is -4.84. The summed E-state index contributed by atoms with van der Waals surface area (Å²) < 4.78 is 41.4. The fraction of sp³-hybridized carbons (Fsp3) is 0.462. The number of rotatable bonds is 4. The maximum Gasteiger partial charge on any atom is 0.295 e. The second kappa shape index (κ2) is 6.51. The lowest BCUT2D eigenvalue weighted by atomic mass is 10.1. The van der Waals surface area contributed by atoms with Crippen LogP contribution in [-0.4, -0.2) is 64.1 Å². The molecule has 1 aliphatic rings. The molecule has 1 saturated heterocycles. The number of ketones is 1. The van der Waals surface area contributed by atoms with Gasteiger partial charge in [0.1, 0.15) is 24.1 Å². The Morgan fingerprint density at radius 2 is 1.65 bits per heavy atom. The number of ether oxygens (including phenoxy) is 2. The third-order valence-corrected chi connectivity index (χ3v) is 4.31. The van der Waals surface area contributed by atoms with Gasteiger partial charge in [0, 0.05) is 5.56 Å². The number of aliphatic hydroxyl groups is 3. The summed E-state index contributed by atoms with van der Waals surface area (Å²) in [5.41, 5.74) is -1.75. The molecular formula is C13H16O9S. The van der Waals surface area contributed by atoms with Crippen molar-refractivity contribution < 1.29 is 42.6 Å². The van der Waals surface area contributed by atoms with Crippen LogP contribution in [0.2, 0.25) is 0 Å². The Labute approximate surface area is 131 Å². The van der Waals surface area contributed by atoms with E-state index in [-0.39, 0.29) is 11.5 Å². The normalized spacial score (nSPS) is 31.6. The fourth-order valence-electron chi connectivity index (χ4n) is 2.06. The minimum atomic E-state index is -4.84. The monoisotopic (exact) mass is 348 g/mol. The highest BCUT2D eigenvalue weighted by Crippen LogP contribution is 2.26. The molecule has 0 amide bonds. The Morgan fingerprint density at radius 3 is 2.13 bits per heavy atom. The number of carbonyl (C=O) groups excluding carboxylic acids is 1. The number of carbonyl (C=O) groups is 1. The van der Waals surface area contributed by atoms with Crippen LogP contribution in [0.5, 0.6) is 5.75 Å². The van der Waals surface area contributed by atoms with E-state index in [1.165, 1.54) is 31.2 Å². The van der Waals surface area contributed by atoms with Gasteiger partial charge in [-0.25, -0.2) is 0 Å². The average molecular weight is 348 g/mol. The van der Waals surface area contributed by atoms with Crippen LogP contribution in [0.1, 0.15) is 17.3 Å². The molecule has 0 bridgehead atoms. The molecule has 10 heteroatoms. The zero-order chi connectivity index (χ0) is 17.4. The fourth-order valence-corrected chi connectivity index (χ4v) is 2.83. The summed E-state index contributed by atoms with van der Waals surface area (Å²) in [6.45, 7) is 1.37. The van der Waals surface area contributed by atoms with Crippen molar-refractivity contribution >= 4 is 15.9 Å². The van der Waals surface area contributed by atoms with Crippen molar-refractivity contribution in [2.45, 2.75) is 37.0 Å². The van der Waals surface area contributed by atoms with Crippen molar-refractivity contribution in [1.82, 2.24) is 0 Å². The molecule has 2 rings (SSSR count). The Balaban J connectivity index is 2.19. The van der Waals surface area contributed by atoms with Gasteiger partial charge in [-0.2, -0.15) is 8.42 Å². The second-order valence-corrected chi connectivity index (χ2v) is 6.55. The molecule has 0 aliphatic carbocycles. The van der Waals surface area contributed by atoms with Gasteiger partial charge in [-0.3, -0.25) is 9.35 Å². The summed E-state index contributed by atoms with van der Waals surface area (Å²) in [6, 6.07) is 5.65. The van der Waals surface area contributed by atoms with Crippen LogP contribution >= 0.6 is 0 Å². The van der Waals surface area contributed by atoms with E-state index in [1.807, 2.05) is 0 Å². The quantitative estimate of drug-likeness (QED) is 0.393. The first-order valence-corrected chi connectivity index (χ1v) is 8.05. The number of hydrogen-bond acceptors (Lipinski definition) is 8. The van der Waals surface area contributed by atoms with Crippen LogP contribution in [-0.2, 0) is 14.9 Å². The van der Waals surface area contributed by atoms with E-state index in [4.69, 9.17) is 14.0 Å². The Hall–Kier alpha value is -1.56. The molecule has 128 valence electrons. The molecule has 5 atom stereocenters. The van der Waals surface area contributed by atoms with Gasteiger partial charge in [0.05, 0.1) is 0 Å². The SMILES string of the molecule is CC(=O)c1ccc(O[C@@H]2OC(S(=O)(=O)O)[C@@H](O)[C@H](O)[C@H]2O)cc1. The van der Waals surface area contributed by atoms with Crippen LogP contribution < -0.4 is 4.74 Å². The molecule has 23 heavy (non-hydrogen) atoms. The Morgan fingerprint density at radius 1 is 1.09 bits per heavy atom. The first-order valence-electron chi connectivity index (χ1n) is 6.55. The van der Waals surface area contributed by atoms with E-state index in [0.29, 0.717) is 5.56 Å². The van der Waals surface area contributed by atoms with E-state index in [1.54, 1.807) is 0 Å². The van der Waals surface area contributed by atoms with Gasteiger partial charge in [0.15, 0.2) is 5.78 Å². The van der Waals surface area contributed by atoms with E-state index in [9.17, 15) is 28.5 Å². The molecule has 4 N–H and O–H groups in total. The van der Waals surface area contributed by atoms with Gasteiger partial charge >= 0.3 is 0 Å². The molecule has 1 fully saturated rings. The second-order valence-electron chi connectivity index (χ2n) is 5.06. The average Bonchev–Trinajstić information content (AvgIpc) is 2.47. The lowest BCUT2D eigenvalue weighted by Crippen LogP contribution is -2.61. The van der Waals surface area contributed by atoms with Crippen LogP contribution in [0.3, 0.4) is 0 Å². The number of aliphatic hydroxyl groups excluding tert-OH is 3. The largest absolute Gasteiger partial charge is 0.462 e. The van der Waals surface area contributed by atoms with Crippen LogP contribution in [0.25, 0.3) is 0 Å². The van der Waals surface area contributed by atoms with Gasteiger partial charge in [-0.1, -0.05) is 0 Å². The van der Waals surface area contributed by atoms with Gasteiger partial charge in [0.25, 0.3) is 10.1 Å². The topological polar surface area (TPSA) is 151 Å². The zero-order valence-electron chi connectivity index (χ0n) is 11.9. The molecule has 0 aromatic heterocycles. The molecule has 1 unspecified atom stereocenters. The number of hydrogen-bond donors (Lipinski definition) is 4. The molecule has 1 aromatic rings. The maximum atomic E-state index is 11.2. The first kappa shape index (κ1) is 17.8. The number of benzene rings is 1. The summed E-state index contributed by atoms with van der Waals surface area (Å²) in [5, 5.41) is 29.0. The van der Waals surface area contributed by atoms with Crippen LogP contribution in [0, 0.1) is 0 Å². The van der Waals surface area contributed by atoms with E-state index in [2.05, 4.69) is 0 Å². The third-order valence-electron chi connectivity index (χ3n) is 3.33. The highest BCUT2D eigenvalue weighted by Gasteiger charge is 2.50. The Kier molecular flexibility index (Phi) is 5.04. The molecule has 0 saturated carbocycles. The molecule has 1 heterocycles. The smallest absolute Gasteiger partial charge is 0.295 e. The maximum absolute atomic E-state index is 11.2. The lowest BCUT2D eigenvalue weighted by molar-refractivity contribution is -0.254. The van der Waals surface area contributed by atoms with E-state index < -0.39 is 40.2 Å². The minimum Gasteiger partial charge on any atom is -0.462 e. The summed E-state index contributed by atoms with van der Waals surface area (Å²) in [5.74, 6) is -0.0489. The summed E-state index contributed by atoms with van der Waals surface area (Å²) in [4.78, 5) is 11.2. The van der Waals surface area contributed by atoms with Crippen molar-refractivity contribution in [3.05, 3.63) is 29.8 Å². The van der Waals surface area contributed by atoms with Gasteiger partial charge < -0.3 is 24.8 Å². The third kappa shape index (κ3) is 3.86. The summed E-state index contributed by atoms with van der Waals surface area (Å²) in [6.07, 6.45) is -7.35. The Bertz CT molecular complexity index is 669. The van der Waals surface area contributed by atoms with Crippen LogP contribution in [0.4, 0.5) is 0 Å². The van der Waals surface area contributed by atoms with Crippen molar-refractivity contribution in [2.24, 2.45) is 0 Å². The molecule has 1 aromatic carbocycles. The van der Waals surface area contributed by atoms with Crippen molar-refractivity contribution in [3.63, 3.8) is 0 Å². The van der Waals surface area contributed by atoms with E-state index in [0.717, 1.165) is 0 Å². The highest BCUT2D eigenvalue weighted by molar-refractivity contribution is 7.86. The molecule has 0 radical (unpaired) electrons.